The number of nitrogens with zero attached hydrogens (tertiary/aromatic N) is 3. The van der Waals surface area contributed by atoms with E-state index in [9.17, 15) is 0 Å². The molecule has 0 aromatic carbocycles. The summed E-state index contributed by atoms with van der Waals surface area (Å²) >= 11 is 0. The lowest BCUT2D eigenvalue weighted by Gasteiger charge is -1.91. The average Bonchev–Trinajstić information content (AvgIpc) is 2.16. The summed E-state index contributed by atoms with van der Waals surface area (Å²) in [6.07, 6.45) is 8.72. The molecular formula is C8H9N5. The molecule has 3 N–H and O–H groups in total. The predicted octanol–water partition coefficient (Wildman–Crippen LogP) is 0.671. The van der Waals surface area contributed by atoms with Gasteiger partial charge in [0, 0.05) is 18.6 Å². The Bertz CT molecular complexity index is 328. The van der Waals surface area contributed by atoms with E-state index < -0.39 is 0 Å². The second-order valence-electron chi connectivity index (χ2n) is 2.13. The molecule has 1 heterocycles. The Hall–Kier alpha value is -2.04. The summed E-state index contributed by atoms with van der Waals surface area (Å²) in [7, 11) is 0. The summed E-state index contributed by atoms with van der Waals surface area (Å²) < 4.78 is 0. The number of allylic oxidation sites excluding steroid dienone is 1. The molecule has 0 spiro atoms. The van der Waals surface area contributed by atoms with Gasteiger partial charge in [0.2, 0.25) is 0 Å². The normalized spacial score (nSPS) is 11.8. The van der Waals surface area contributed by atoms with E-state index in [1.165, 1.54) is 24.5 Å². The van der Waals surface area contributed by atoms with Crippen molar-refractivity contribution in [2.24, 2.45) is 10.7 Å². The Kier molecular flexibility index (Phi) is 3.31. The molecule has 13 heavy (non-hydrogen) atoms. The van der Waals surface area contributed by atoms with Gasteiger partial charge in [-0.05, 0) is 12.2 Å². The summed E-state index contributed by atoms with van der Waals surface area (Å²) in [5.74, 6) is 0.749. The number of rotatable bonds is 3. The van der Waals surface area contributed by atoms with Gasteiger partial charge in [0.15, 0.2) is 5.82 Å². The highest BCUT2D eigenvalue weighted by atomic mass is 15.0. The van der Waals surface area contributed by atoms with Gasteiger partial charge in [-0.25, -0.2) is 9.98 Å². The quantitative estimate of drug-likeness (QED) is 0.522. The van der Waals surface area contributed by atoms with Gasteiger partial charge in [-0.1, -0.05) is 0 Å². The predicted molar refractivity (Wildman–Crippen MR) is 51.2 cm³/mol. The number of nitrogens with one attached hydrogen (secondary N) is 1. The first-order valence-corrected chi connectivity index (χ1v) is 3.60. The molecule has 1 aromatic rings. The van der Waals surface area contributed by atoms with Crippen molar-refractivity contribution in [3.05, 3.63) is 30.7 Å². The highest BCUT2D eigenvalue weighted by Gasteiger charge is 1.88. The Morgan fingerprint density at radius 1 is 1.54 bits per heavy atom. The summed E-state index contributed by atoms with van der Waals surface area (Å²) in [5.41, 5.74) is 5.48. The summed E-state index contributed by atoms with van der Waals surface area (Å²) in [6, 6.07) is 0. The molecule has 0 saturated carbocycles. The second kappa shape index (κ2) is 4.76. The fourth-order valence-corrected chi connectivity index (χ4v) is 0.665. The maximum absolute atomic E-state index is 6.73. The van der Waals surface area contributed by atoms with Crippen LogP contribution in [0, 0.1) is 5.41 Å². The van der Waals surface area contributed by atoms with Gasteiger partial charge >= 0.3 is 0 Å². The van der Waals surface area contributed by atoms with E-state index in [2.05, 4.69) is 15.0 Å². The molecule has 0 atom stereocenters. The molecule has 0 bridgehead atoms. The zero-order valence-electron chi connectivity index (χ0n) is 6.88. The van der Waals surface area contributed by atoms with Gasteiger partial charge in [0.1, 0.15) is 5.84 Å². The van der Waals surface area contributed by atoms with E-state index in [0.717, 1.165) is 6.21 Å². The van der Waals surface area contributed by atoms with Crippen LogP contribution in [0.5, 0.6) is 0 Å². The van der Waals surface area contributed by atoms with Crippen LogP contribution in [0.25, 0.3) is 0 Å². The molecule has 0 aliphatic carbocycles. The van der Waals surface area contributed by atoms with Crippen LogP contribution < -0.4 is 5.73 Å². The van der Waals surface area contributed by atoms with Crippen LogP contribution in [0.2, 0.25) is 0 Å². The molecule has 5 heteroatoms. The third-order valence-electron chi connectivity index (χ3n) is 1.16. The van der Waals surface area contributed by atoms with Crippen LogP contribution in [0.4, 0.5) is 5.82 Å². The first kappa shape index (κ1) is 9.05. The molecule has 0 aliphatic heterocycles. The smallest absolute Gasteiger partial charge is 0.172 e. The van der Waals surface area contributed by atoms with Crippen LogP contribution in [0.15, 0.2) is 35.7 Å². The maximum Gasteiger partial charge on any atom is 0.172 e. The van der Waals surface area contributed by atoms with Crippen molar-refractivity contribution >= 4 is 17.9 Å². The van der Waals surface area contributed by atoms with Crippen molar-refractivity contribution in [2.45, 2.75) is 0 Å². The molecule has 0 fully saturated rings. The van der Waals surface area contributed by atoms with E-state index >= 15 is 0 Å². The Labute approximate surface area is 75.6 Å². The standard InChI is InChI=1S/C8H9N5/c9-3-1-2-7(10)13-8-6-11-4-5-12-8/h1-6,9H,(H2,10,12,13)/b2-1-,9-3?. The monoisotopic (exact) mass is 175 g/mol. The Morgan fingerprint density at radius 2 is 2.38 bits per heavy atom. The van der Waals surface area contributed by atoms with Crippen molar-refractivity contribution in [2.75, 3.05) is 0 Å². The number of aromatic nitrogens is 2. The van der Waals surface area contributed by atoms with Gasteiger partial charge in [0.05, 0.1) is 6.20 Å². The van der Waals surface area contributed by atoms with Crippen molar-refractivity contribution in [1.29, 1.82) is 5.41 Å². The van der Waals surface area contributed by atoms with E-state index in [4.69, 9.17) is 11.1 Å². The molecule has 0 radical (unpaired) electrons. The van der Waals surface area contributed by atoms with Crippen molar-refractivity contribution in [3.63, 3.8) is 0 Å². The van der Waals surface area contributed by atoms with Gasteiger partial charge in [-0.15, -0.1) is 0 Å². The molecule has 1 aromatic heterocycles. The molecule has 5 nitrogen and oxygen atoms in total. The first-order valence-electron chi connectivity index (χ1n) is 3.60. The fourth-order valence-electron chi connectivity index (χ4n) is 0.665. The van der Waals surface area contributed by atoms with E-state index in [1.54, 1.807) is 6.20 Å². The summed E-state index contributed by atoms with van der Waals surface area (Å²) in [4.78, 5) is 11.7. The van der Waals surface area contributed by atoms with Crippen molar-refractivity contribution in [1.82, 2.24) is 9.97 Å². The lowest BCUT2D eigenvalue weighted by Crippen LogP contribution is -2.06. The highest BCUT2D eigenvalue weighted by Crippen LogP contribution is 2.01. The van der Waals surface area contributed by atoms with E-state index in [-0.39, 0.29) is 0 Å². The van der Waals surface area contributed by atoms with E-state index in [0.29, 0.717) is 11.7 Å². The third-order valence-corrected chi connectivity index (χ3v) is 1.16. The minimum Gasteiger partial charge on any atom is -0.384 e. The average molecular weight is 175 g/mol. The van der Waals surface area contributed by atoms with Crippen molar-refractivity contribution in [3.8, 4) is 0 Å². The lowest BCUT2D eigenvalue weighted by molar-refractivity contribution is 1.17. The molecule has 0 unspecified atom stereocenters. The summed E-state index contributed by atoms with van der Waals surface area (Å²) in [5, 5.41) is 6.73. The number of nitrogens with two attached hydrogens (primary N) is 1. The first-order chi connectivity index (χ1) is 6.33. The van der Waals surface area contributed by atoms with Crippen molar-refractivity contribution < 1.29 is 0 Å². The number of amidine groups is 1. The Balaban J connectivity index is 2.76. The lowest BCUT2D eigenvalue weighted by atomic mass is 10.5. The van der Waals surface area contributed by atoms with Gasteiger partial charge < -0.3 is 11.1 Å². The largest absolute Gasteiger partial charge is 0.384 e. The van der Waals surface area contributed by atoms with Crippen LogP contribution in [-0.4, -0.2) is 22.0 Å². The van der Waals surface area contributed by atoms with Crippen LogP contribution in [0.3, 0.4) is 0 Å². The van der Waals surface area contributed by atoms with E-state index in [1.807, 2.05) is 0 Å². The van der Waals surface area contributed by atoms with Crippen LogP contribution in [-0.2, 0) is 0 Å². The number of hydrogen-bond donors (Lipinski definition) is 2. The van der Waals surface area contributed by atoms with Crippen LogP contribution >= 0.6 is 0 Å². The zero-order valence-corrected chi connectivity index (χ0v) is 6.88. The molecule has 0 saturated heterocycles. The molecule has 0 aliphatic rings. The third kappa shape index (κ3) is 3.24. The van der Waals surface area contributed by atoms with Gasteiger partial charge in [-0.2, -0.15) is 0 Å². The van der Waals surface area contributed by atoms with Gasteiger partial charge in [-0.3, -0.25) is 4.98 Å². The molecule has 0 amide bonds. The summed E-state index contributed by atoms with van der Waals surface area (Å²) in [6.45, 7) is 0. The minimum atomic E-state index is 0.295. The molecular weight excluding hydrogens is 166 g/mol. The van der Waals surface area contributed by atoms with Crippen LogP contribution in [0.1, 0.15) is 0 Å². The zero-order chi connectivity index (χ0) is 9.52. The maximum atomic E-state index is 6.73. The number of aliphatic imine (C=N–C) groups is 1. The second-order valence-corrected chi connectivity index (χ2v) is 2.13. The highest BCUT2D eigenvalue weighted by molar-refractivity contribution is 5.95. The molecule has 66 valence electrons. The fraction of sp³-hybridized carbons (Fsp3) is 0. The Morgan fingerprint density at radius 3 is 3.00 bits per heavy atom. The topological polar surface area (TPSA) is 88.0 Å². The van der Waals surface area contributed by atoms with Gasteiger partial charge in [0.25, 0.3) is 0 Å². The molecule has 1 rings (SSSR count). The SMILES string of the molecule is N=C/C=C\C(N)=Nc1cnccn1. The minimum absolute atomic E-state index is 0.295. The number of hydrogen-bond acceptors (Lipinski definition) is 4.